The highest BCUT2D eigenvalue weighted by atomic mass is 16.5. The van der Waals surface area contributed by atoms with Gasteiger partial charge in [0.05, 0.1) is 0 Å². The lowest BCUT2D eigenvalue weighted by molar-refractivity contribution is 0.0663. The minimum atomic E-state index is -0.520. The van der Waals surface area contributed by atoms with E-state index in [0.29, 0.717) is 6.54 Å². The number of benzene rings is 3. The van der Waals surface area contributed by atoms with Gasteiger partial charge in [-0.15, -0.1) is 0 Å². The predicted octanol–water partition coefficient (Wildman–Crippen LogP) is 4.04. The van der Waals surface area contributed by atoms with Gasteiger partial charge in [-0.05, 0) is 48.5 Å². The molecule has 4 rings (SSSR count). The van der Waals surface area contributed by atoms with Crippen LogP contribution in [0.2, 0.25) is 0 Å². The van der Waals surface area contributed by atoms with Gasteiger partial charge in [-0.2, -0.15) is 0 Å². The van der Waals surface area contributed by atoms with Crippen molar-refractivity contribution < 1.29 is 14.6 Å². The van der Waals surface area contributed by atoms with Crippen LogP contribution in [0.15, 0.2) is 84.9 Å². The van der Waals surface area contributed by atoms with Crippen LogP contribution in [-0.4, -0.2) is 55.4 Å². The van der Waals surface area contributed by atoms with E-state index < -0.39 is 6.10 Å². The molecule has 5 heteroatoms. The Balaban J connectivity index is 1.18. The van der Waals surface area contributed by atoms with Gasteiger partial charge in [0.2, 0.25) is 0 Å². The number of hydrogen-bond acceptors (Lipinski definition) is 5. The maximum atomic E-state index is 10.4. The van der Waals surface area contributed by atoms with Gasteiger partial charge in [-0.3, -0.25) is 4.90 Å². The molecule has 1 aliphatic heterocycles. The fourth-order valence-corrected chi connectivity index (χ4v) is 3.60. The van der Waals surface area contributed by atoms with Crippen molar-refractivity contribution in [2.45, 2.75) is 6.10 Å². The third-order valence-electron chi connectivity index (χ3n) is 5.21. The monoisotopic (exact) mass is 404 g/mol. The van der Waals surface area contributed by atoms with Crippen LogP contribution < -0.4 is 14.4 Å². The summed E-state index contributed by atoms with van der Waals surface area (Å²) in [4.78, 5) is 4.68. The number of rotatable bonds is 8. The molecule has 1 fully saturated rings. The van der Waals surface area contributed by atoms with Crippen LogP contribution in [0.1, 0.15) is 0 Å². The molecule has 0 spiro atoms. The fraction of sp³-hybridized carbons (Fsp3) is 0.280. The molecule has 0 aliphatic carbocycles. The van der Waals surface area contributed by atoms with Crippen molar-refractivity contribution in [3.8, 4) is 17.2 Å². The van der Waals surface area contributed by atoms with Crippen LogP contribution in [0.25, 0.3) is 0 Å². The van der Waals surface area contributed by atoms with E-state index in [-0.39, 0.29) is 6.61 Å². The van der Waals surface area contributed by atoms with Crippen LogP contribution in [0.4, 0.5) is 5.69 Å². The van der Waals surface area contributed by atoms with E-state index in [4.69, 9.17) is 9.47 Å². The summed E-state index contributed by atoms with van der Waals surface area (Å²) < 4.78 is 11.5. The van der Waals surface area contributed by atoms with Crippen molar-refractivity contribution in [2.24, 2.45) is 0 Å². The fourth-order valence-electron chi connectivity index (χ4n) is 3.60. The van der Waals surface area contributed by atoms with E-state index in [2.05, 4.69) is 34.1 Å². The first-order chi connectivity index (χ1) is 14.8. The molecule has 3 aromatic carbocycles. The number of ether oxygens (including phenoxy) is 2. The summed E-state index contributed by atoms with van der Waals surface area (Å²) in [6.45, 7) is 4.73. The first kappa shape index (κ1) is 20.3. The Morgan fingerprint density at radius 2 is 1.27 bits per heavy atom. The summed E-state index contributed by atoms with van der Waals surface area (Å²) in [6, 6.07) is 27.6. The third kappa shape index (κ3) is 5.75. The number of β-amino-alcohol motifs (C(OH)–C–C–N with tert-alkyl or cyclic N) is 1. The van der Waals surface area contributed by atoms with Crippen molar-refractivity contribution in [1.29, 1.82) is 0 Å². The van der Waals surface area contributed by atoms with Crippen LogP contribution >= 0.6 is 0 Å². The van der Waals surface area contributed by atoms with Gasteiger partial charge in [0, 0.05) is 38.4 Å². The molecule has 1 heterocycles. The molecule has 0 aromatic heterocycles. The highest BCUT2D eigenvalue weighted by Crippen LogP contribution is 2.23. The number of aliphatic hydroxyl groups is 1. The van der Waals surface area contributed by atoms with Gasteiger partial charge in [0.15, 0.2) is 0 Å². The molecule has 0 bridgehead atoms. The molecule has 0 radical (unpaired) electrons. The maximum absolute atomic E-state index is 10.4. The zero-order valence-electron chi connectivity index (χ0n) is 17.1. The molecular weight excluding hydrogens is 376 g/mol. The molecule has 1 saturated heterocycles. The zero-order chi connectivity index (χ0) is 20.6. The third-order valence-corrected chi connectivity index (χ3v) is 5.21. The molecule has 156 valence electrons. The minimum absolute atomic E-state index is 0.276. The molecule has 0 amide bonds. The van der Waals surface area contributed by atoms with Crippen molar-refractivity contribution in [1.82, 2.24) is 4.90 Å². The number of nitrogens with zero attached hydrogens (tertiary/aromatic N) is 2. The molecule has 0 unspecified atom stereocenters. The zero-order valence-corrected chi connectivity index (χ0v) is 17.1. The number of anilines is 1. The van der Waals surface area contributed by atoms with E-state index in [9.17, 15) is 5.11 Å². The molecule has 5 nitrogen and oxygen atoms in total. The standard InChI is InChI=1S/C25H28N2O3/c28-22(19-26-15-17-27(18-16-26)21-7-3-1-4-8-21)20-29-23-11-13-25(14-12-23)30-24-9-5-2-6-10-24/h1-14,22,28H,15-20H2/t22-/m1/s1. The maximum Gasteiger partial charge on any atom is 0.127 e. The molecule has 1 aliphatic rings. The summed E-state index contributed by atoms with van der Waals surface area (Å²) >= 11 is 0. The summed E-state index contributed by atoms with van der Waals surface area (Å²) in [7, 11) is 0. The van der Waals surface area contributed by atoms with Crippen molar-refractivity contribution >= 4 is 5.69 Å². The Hall–Kier alpha value is -3.02. The molecular formula is C25H28N2O3. The van der Waals surface area contributed by atoms with E-state index in [0.717, 1.165) is 43.4 Å². The van der Waals surface area contributed by atoms with E-state index in [1.54, 1.807) is 0 Å². The highest BCUT2D eigenvalue weighted by Gasteiger charge is 2.19. The molecule has 3 aromatic rings. The Bertz CT molecular complexity index is 879. The van der Waals surface area contributed by atoms with Crippen LogP contribution in [0.5, 0.6) is 17.2 Å². The van der Waals surface area contributed by atoms with Crippen LogP contribution in [0, 0.1) is 0 Å². The second kappa shape index (κ2) is 10.1. The minimum Gasteiger partial charge on any atom is -0.491 e. The topological polar surface area (TPSA) is 45.2 Å². The average Bonchev–Trinajstić information content (AvgIpc) is 2.80. The van der Waals surface area contributed by atoms with Crippen LogP contribution in [-0.2, 0) is 0 Å². The Morgan fingerprint density at radius 3 is 1.93 bits per heavy atom. The summed E-state index contributed by atoms with van der Waals surface area (Å²) in [6.07, 6.45) is -0.520. The van der Waals surface area contributed by atoms with E-state index >= 15 is 0 Å². The number of para-hydroxylation sites is 2. The van der Waals surface area contributed by atoms with E-state index in [1.807, 2.05) is 60.7 Å². The summed E-state index contributed by atoms with van der Waals surface area (Å²) in [5.41, 5.74) is 1.26. The lowest BCUT2D eigenvalue weighted by atomic mass is 10.2. The van der Waals surface area contributed by atoms with Crippen molar-refractivity contribution in [3.63, 3.8) is 0 Å². The van der Waals surface area contributed by atoms with Crippen molar-refractivity contribution in [2.75, 3.05) is 44.2 Å². The first-order valence-electron chi connectivity index (χ1n) is 10.4. The molecule has 1 atom stereocenters. The Kier molecular flexibility index (Phi) is 6.85. The molecule has 0 saturated carbocycles. The summed E-state index contributed by atoms with van der Waals surface area (Å²) in [5, 5.41) is 10.4. The second-order valence-electron chi connectivity index (χ2n) is 7.47. The van der Waals surface area contributed by atoms with Gasteiger partial charge >= 0.3 is 0 Å². The van der Waals surface area contributed by atoms with Gasteiger partial charge in [-0.25, -0.2) is 0 Å². The van der Waals surface area contributed by atoms with Gasteiger partial charge in [0.1, 0.15) is 30.0 Å². The quantitative estimate of drug-likeness (QED) is 0.614. The highest BCUT2D eigenvalue weighted by molar-refractivity contribution is 5.46. The van der Waals surface area contributed by atoms with Gasteiger partial charge in [0.25, 0.3) is 0 Å². The first-order valence-corrected chi connectivity index (χ1v) is 10.4. The Morgan fingerprint density at radius 1 is 0.700 bits per heavy atom. The lowest BCUT2D eigenvalue weighted by Gasteiger charge is -2.36. The predicted molar refractivity (Wildman–Crippen MR) is 120 cm³/mol. The van der Waals surface area contributed by atoms with Crippen molar-refractivity contribution in [3.05, 3.63) is 84.9 Å². The van der Waals surface area contributed by atoms with E-state index in [1.165, 1.54) is 5.69 Å². The van der Waals surface area contributed by atoms with Crippen LogP contribution in [0.3, 0.4) is 0 Å². The lowest BCUT2D eigenvalue weighted by Crippen LogP contribution is -2.49. The average molecular weight is 405 g/mol. The Labute approximate surface area is 178 Å². The normalized spacial score (nSPS) is 15.6. The summed E-state index contributed by atoms with van der Waals surface area (Å²) in [5.74, 6) is 2.28. The molecule has 1 N–H and O–H groups in total. The number of aliphatic hydroxyl groups excluding tert-OH is 1. The number of hydrogen-bond donors (Lipinski definition) is 1. The number of piperazine rings is 1. The largest absolute Gasteiger partial charge is 0.491 e. The van der Waals surface area contributed by atoms with Gasteiger partial charge in [-0.1, -0.05) is 36.4 Å². The molecule has 30 heavy (non-hydrogen) atoms. The smallest absolute Gasteiger partial charge is 0.127 e. The van der Waals surface area contributed by atoms with Gasteiger partial charge < -0.3 is 19.5 Å². The second-order valence-corrected chi connectivity index (χ2v) is 7.47. The SMILES string of the molecule is O[C@@H](COc1ccc(Oc2ccccc2)cc1)CN1CCN(c2ccccc2)CC1.